The normalized spacial score (nSPS) is 11.8. The van der Waals surface area contributed by atoms with Gasteiger partial charge in [-0.1, -0.05) is 58.0 Å². The highest BCUT2D eigenvalue weighted by Gasteiger charge is 2.25. The van der Waals surface area contributed by atoms with Crippen molar-refractivity contribution in [2.24, 2.45) is 0 Å². The van der Waals surface area contributed by atoms with Crippen LogP contribution in [0.1, 0.15) is 27.8 Å². The van der Waals surface area contributed by atoms with Gasteiger partial charge in [-0.15, -0.1) is 10.2 Å². The number of benzene rings is 3. The topological polar surface area (TPSA) is 92.3 Å². The van der Waals surface area contributed by atoms with Gasteiger partial charge in [0.15, 0.2) is 16.7 Å². The first-order chi connectivity index (χ1) is 17.3. The van der Waals surface area contributed by atoms with Gasteiger partial charge in [0.1, 0.15) is 17.7 Å². The summed E-state index contributed by atoms with van der Waals surface area (Å²) in [6, 6.07) is 21.2. The number of hydrogen-bond acceptors (Lipinski definition) is 7. The molecule has 1 aromatic heterocycles. The maximum atomic E-state index is 11.6. The lowest BCUT2D eigenvalue weighted by atomic mass is 10.1. The number of rotatable bonds is 10. The first kappa shape index (κ1) is 25.7. The summed E-state index contributed by atoms with van der Waals surface area (Å²) in [5.74, 6) is 1.78. The average molecular weight is 569 g/mol. The Morgan fingerprint density at radius 1 is 1.06 bits per heavy atom. The molecule has 4 rings (SSSR count). The summed E-state index contributed by atoms with van der Waals surface area (Å²) < 4.78 is 14.4. The zero-order valence-electron chi connectivity index (χ0n) is 20.1. The number of ether oxygens (including phenoxy) is 2. The molecule has 0 unspecified atom stereocenters. The standard InChI is InChI=1S/C26H25BrN4O4S/c1-17-5-4-6-22(13-17)31-18(2)28-29-26(31)36-25(15-30(32)33)20-9-12-23(24(14-20)34-3)35-16-19-7-10-21(27)11-8-19/h4-14,25H,15-16H2,1-3H3/t25-/m1/s1. The molecule has 0 radical (unpaired) electrons. The summed E-state index contributed by atoms with van der Waals surface area (Å²) in [4.78, 5) is 11.3. The third kappa shape index (κ3) is 6.24. The van der Waals surface area contributed by atoms with E-state index in [1.807, 2.05) is 73.0 Å². The van der Waals surface area contributed by atoms with Crippen LogP contribution in [0.25, 0.3) is 5.69 Å². The van der Waals surface area contributed by atoms with E-state index in [0.29, 0.717) is 29.1 Å². The molecule has 0 amide bonds. The van der Waals surface area contributed by atoms with Gasteiger partial charge in [-0.25, -0.2) is 0 Å². The van der Waals surface area contributed by atoms with Crippen LogP contribution in [0.3, 0.4) is 0 Å². The highest BCUT2D eigenvalue weighted by Crippen LogP contribution is 2.39. The molecule has 0 bridgehead atoms. The van der Waals surface area contributed by atoms with E-state index in [9.17, 15) is 10.1 Å². The molecule has 0 saturated carbocycles. The zero-order valence-corrected chi connectivity index (χ0v) is 22.5. The highest BCUT2D eigenvalue weighted by molar-refractivity contribution is 9.10. The highest BCUT2D eigenvalue weighted by atomic mass is 79.9. The van der Waals surface area contributed by atoms with Crippen molar-refractivity contribution in [3.05, 3.63) is 104 Å². The number of nitrogens with zero attached hydrogens (tertiary/aromatic N) is 4. The minimum atomic E-state index is -0.512. The van der Waals surface area contributed by atoms with Gasteiger partial charge in [0.05, 0.1) is 7.11 Å². The van der Waals surface area contributed by atoms with E-state index in [0.717, 1.165) is 26.9 Å². The largest absolute Gasteiger partial charge is 0.493 e. The van der Waals surface area contributed by atoms with Crippen LogP contribution < -0.4 is 9.47 Å². The Morgan fingerprint density at radius 3 is 2.53 bits per heavy atom. The van der Waals surface area contributed by atoms with E-state index in [1.165, 1.54) is 11.8 Å². The van der Waals surface area contributed by atoms with Crippen molar-refractivity contribution in [2.75, 3.05) is 13.7 Å². The molecular formula is C26H25BrN4O4S. The second-order valence-corrected chi connectivity index (χ2v) is 10.2. The van der Waals surface area contributed by atoms with Crippen molar-refractivity contribution >= 4 is 27.7 Å². The molecule has 0 fully saturated rings. The fourth-order valence-electron chi connectivity index (χ4n) is 3.70. The van der Waals surface area contributed by atoms with Crippen LogP contribution in [0.4, 0.5) is 0 Å². The molecule has 1 atom stereocenters. The second kappa shape index (κ2) is 11.6. The molecule has 36 heavy (non-hydrogen) atoms. The van der Waals surface area contributed by atoms with Crippen LogP contribution in [-0.2, 0) is 6.61 Å². The van der Waals surface area contributed by atoms with E-state index in [2.05, 4.69) is 26.1 Å². The van der Waals surface area contributed by atoms with Gasteiger partial charge in [0.2, 0.25) is 6.54 Å². The molecule has 3 aromatic carbocycles. The number of nitro groups is 1. The number of thioether (sulfide) groups is 1. The summed E-state index contributed by atoms with van der Waals surface area (Å²) >= 11 is 4.73. The summed E-state index contributed by atoms with van der Waals surface area (Å²) in [5, 5.41) is 20.2. The third-order valence-electron chi connectivity index (χ3n) is 5.48. The molecule has 0 N–H and O–H groups in total. The van der Waals surface area contributed by atoms with Crippen molar-refractivity contribution in [3.8, 4) is 17.2 Å². The van der Waals surface area contributed by atoms with E-state index in [1.54, 1.807) is 19.2 Å². The maximum absolute atomic E-state index is 11.6. The summed E-state index contributed by atoms with van der Waals surface area (Å²) in [7, 11) is 1.55. The van der Waals surface area contributed by atoms with E-state index >= 15 is 0 Å². The van der Waals surface area contributed by atoms with Gasteiger partial charge in [0, 0.05) is 15.1 Å². The molecular weight excluding hydrogens is 544 g/mol. The van der Waals surface area contributed by atoms with Gasteiger partial charge in [-0.3, -0.25) is 14.7 Å². The fourth-order valence-corrected chi connectivity index (χ4v) is 5.13. The predicted octanol–water partition coefficient (Wildman–Crippen LogP) is 6.34. The summed E-state index contributed by atoms with van der Waals surface area (Å²) in [5.41, 5.74) is 3.76. The molecule has 8 nitrogen and oxygen atoms in total. The van der Waals surface area contributed by atoms with Crippen LogP contribution in [0, 0.1) is 24.0 Å². The van der Waals surface area contributed by atoms with Crippen molar-refractivity contribution < 1.29 is 14.4 Å². The minimum absolute atomic E-state index is 0.285. The number of halogens is 1. The van der Waals surface area contributed by atoms with Crippen molar-refractivity contribution in [1.29, 1.82) is 0 Å². The first-order valence-electron chi connectivity index (χ1n) is 11.2. The van der Waals surface area contributed by atoms with Gasteiger partial charge in [0.25, 0.3) is 0 Å². The molecule has 4 aromatic rings. The van der Waals surface area contributed by atoms with Gasteiger partial charge < -0.3 is 9.47 Å². The Hall–Kier alpha value is -3.37. The molecule has 0 saturated heterocycles. The third-order valence-corrected chi connectivity index (χ3v) is 7.19. The van der Waals surface area contributed by atoms with E-state index in [4.69, 9.17) is 9.47 Å². The fraction of sp³-hybridized carbons (Fsp3) is 0.231. The predicted molar refractivity (Wildman–Crippen MR) is 143 cm³/mol. The van der Waals surface area contributed by atoms with Crippen LogP contribution in [0.15, 0.2) is 76.4 Å². The van der Waals surface area contributed by atoms with Gasteiger partial charge in [-0.05, 0) is 66.9 Å². The van der Waals surface area contributed by atoms with Crippen molar-refractivity contribution in [1.82, 2.24) is 14.8 Å². The Morgan fingerprint density at radius 2 is 1.83 bits per heavy atom. The summed E-state index contributed by atoms with van der Waals surface area (Å²) in [6.45, 7) is 3.96. The Labute approximate surface area is 221 Å². The van der Waals surface area contributed by atoms with E-state index < -0.39 is 5.25 Å². The molecule has 1 heterocycles. The minimum Gasteiger partial charge on any atom is -0.493 e. The van der Waals surface area contributed by atoms with Gasteiger partial charge >= 0.3 is 0 Å². The maximum Gasteiger partial charge on any atom is 0.220 e. The lowest BCUT2D eigenvalue weighted by Crippen LogP contribution is -2.11. The second-order valence-electron chi connectivity index (χ2n) is 8.15. The summed E-state index contributed by atoms with van der Waals surface area (Å²) in [6.07, 6.45) is 0. The molecule has 0 aliphatic rings. The molecule has 186 valence electrons. The number of aryl methyl sites for hydroxylation is 2. The quantitative estimate of drug-likeness (QED) is 0.125. The number of aromatic nitrogens is 3. The molecule has 0 aliphatic carbocycles. The number of methoxy groups -OCH3 is 1. The lowest BCUT2D eigenvalue weighted by Gasteiger charge is -2.17. The van der Waals surface area contributed by atoms with Crippen LogP contribution in [0.2, 0.25) is 0 Å². The van der Waals surface area contributed by atoms with Crippen molar-refractivity contribution in [3.63, 3.8) is 0 Å². The molecule has 0 spiro atoms. The van der Waals surface area contributed by atoms with E-state index in [-0.39, 0.29) is 11.5 Å². The smallest absolute Gasteiger partial charge is 0.220 e. The van der Waals surface area contributed by atoms with Crippen molar-refractivity contribution in [2.45, 2.75) is 30.9 Å². The van der Waals surface area contributed by atoms with Crippen LogP contribution >= 0.6 is 27.7 Å². The molecule has 10 heteroatoms. The first-order valence-corrected chi connectivity index (χ1v) is 12.8. The Kier molecular flexibility index (Phi) is 8.27. The van der Waals surface area contributed by atoms with Crippen LogP contribution in [-0.4, -0.2) is 33.3 Å². The van der Waals surface area contributed by atoms with Gasteiger partial charge in [-0.2, -0.15) is 0 Å². The Balaban J connectivity index is 1.60. The SMILES string of the molecule is COc1cc([C@@H](C[N+](=O)[O-])Sc2nnc(C)n2-c2cccc(C)c2)ccc1OCc1ccc(Br)cc1. The monoisotopic (exact) mass is 568 g/mol. The number of hydrogen-bond donors (Lipinski definition) is 0. The Bertz CT molecular complexity index is 1360. The average Bonchev–Trinajstić information content (AvgIpc) is 3.22. The van der Waals surface area contributed by atoms with Crippen LogP contribution in [0.5, 0.6) is 11.5 Å². The lowest BCUT2D eigenvalue weighted by molar-refractivity contribution is -0.479. The zero-order chi connectivity index (χ0) is 25.7. The molecule has 0 aliphatic heterocycles.